The molecule has 1 aromatic carbocycles. The topological polar surface area (TPSA) is 29.1 Å². The van der Waals surface area contributed by atoms with Crippen molar-refractivity contribution in [1.82, 2.24) is 5.32 Å². The van der Waals surface area contributed by atoms with Crippen molar-refractivity contribution in [3.63, 3.8) is 0 Å². The van der Waals surface area contributed by atoms with Crippen molar-refractivity contribution in [2.75, 3.05) is 0 Å². The van der Waals surface area contributed by atoms with E-state index >= 15 is 0 Å². The number of amides is 1. The lowest BCUT2D eigenvalue weighted by atomic mass is 10.0. The monoisotopic (exact) mass is 285 g/mol. The van der Waals surface area contributed by atoms with Crippen LogP contribution in [0.2, 0.25) is 0 Å². The third kappa shape index (κ3) is 3.87. The zero-order valence-electron chi connectivity index (χ0n) is 9.56. The van der Waals surface area contributed by atoms with E-state index in [9.17, 15) is 31.1 Å². The van der Waals surface area contributed by atoms with Crippen molar-refractivity contribution < 1.29 is 31.1 Å². The predicted molar refractivity (Wildman–Crippen MR) is 54.1 cm³/mol. The summed E-state index contributed by atoms with van der Waals surface area (Å²) in [5.41, 5.74) is -3.08. The van der Waals surface area contributed by atoms with Crippen LogP contribution in [-0.4, -0.2) is 6.41 Å². The van der Waals surface area contributed by atoms with Gasteiger partial charge in [0.25, 0.3) is 0 Å². The van der Waals surface area contributed by atoms with Gasteiger partial charge in [0.15, 0.2) is 0 Å². The van der Waals surface area contributed by atoms with Crippen molar-refractivity contribution >= 4 is 6.41 Å². The maximum atomic E-state index is 12.5. The van der Waals surface area contributed by atoms with Gasteiger partial charge in [0.1, 0.15) is 0 Å². The number of halogens is 6. The number of hydrogen-bond acceptors (Lipinski definition) is 1. The highest BCUT2D eigenvalue weighted by molar-refractivity contribution is 5.48. The molecule has 2 nitrogen and oxygen atoms in total. The Morgan fingerprint density at radius 2 is 1.42 bits per heavy atom. The third-order valence-electron chi connectivity index (χ3n) is 2.43. The molecule has 1 amide bonds. The Morgan fingerprint density at radius 3 is 1.74 bits per heavy atom. The first-order valence-corrected chi connectivity index (χ1v) is 5.05. The SMILES string of the molecule is C[C@@H](NC=O)c1cc(C(F)(F)F)cc(C(F)(F)F)c1. The number of carbonyl (C=O) groups is 1. The second-order valence-electron chi connectivity index (χ2n) is 3.85. The van der Waals surface area contributed by atoms with Gasteiger partial charge in [-0.15, -0.1) is 0 Å². The molecule has 1 atom stereocenters. The first kappa shape index (κ1) is 15.3. The fraction of sp³-hybridized carbons (Fsp3) is 0.364. The Kier molecular flexibility index (Phi) is 4.12. The largest absolute Gasteiger partial charge is 0.416 e. The first-order chi connectivity index (χ1) is 8.55. The summed E-state index contributed by atoms with van der Waals surface area (Å²) in [6, 6.07) is 0.241. The molecule has 1 rings (SSSR count). The second kappa shape index (κ2) is 5.10. The zero-order valence-corrected chi connectivity index (χ0v) is 9.56. The van der Waals surface area contributed by atoms with E-state index in [1.54, 1.807) is 0 Å². The first-order valence-electron chi connectivity index (χ1n) is 5.05. The molecule has 0 spiro atoms. The Balaban J connectivity index is 3.36. The number of hydrogen-bond donors (Lipinski definition) is 1. The third-order valence-corrected chi connectivity index (χ3v) is 2.43. The van der Waals surface area contributed by atoms with Crippen molar-refractivity contribution in [2.45, 2.75) is 25.3 Å². The van der Waals surface area contributed by atoms with Crippen LogP contribution in [0, 0.1) is 0 Å². The van der Waals surface area contributed by atoms with E-state index in [0.717, 1.165) is 0 Å². The average molecular weight is 285 g/mol. The molecule has 1 aromatic rings. The highest BCUT2D eigenvalue weighted by atomic mass is 19.4. The lowest BCUT2D eigenvalue weighted by Crippen LogP contribution is -2.19. The Hall–Kier alpha value is -1.73. The van der Waals surface area contributed by atoms with Crippen molar-refractivity contribution in [2.24, 2.45) is 0 Å². The van der Waals surface area contributed by atoms with Crippen LogP contribution >= 0.6 is 0 Å². The number of carbonyl (C=O) groups excluding carboxylic acids is 1. The fourth-order valence-electron chi connectivity index (χ4n) is 1.43. The number of rotatable bonds is 3. The zero-order chi connectivity index (χ0) is 14.8. The Morgan fingerprint density at radius 1 is 1.00 bits per heavy atom. The molecule has 0 aromatic heterocycles. The lowest BCUT2D eigenvalue weighted by Gasteiger charge is -2.17. The van der Waals surface area contributed by atoms with Crippen LogP contribution in [0.5, 0.6) is 0 Å². The highest BCUT2D eigenvalue weighted by Crippen LogP contribution is 2.37. The molecule has 0 aliphatic carbocycles. The maximum absolute atomic E-state index is 12.5. The van der Waals surface area contributed by atoms with Crippen LogP contribution in [0.15, 0.2) is 18.2 Å². The molecule has 106 valence electrons. The van der Waals surface area contributed by atoms with Crippen LogP contribution in [0.1, 0.15) is 29.7 Å². The van der Waals surface area contributed by atoms with Crippen LogP contribution in [0.25, 0.3) is 0 Å². The lowest BCUT2D eigenvalue weighted by molar-refractivity contribution is -0.143. The molecule has 0 unspecified atom stereocenters. The summed E-state index contributed by atoms with van der Waals surface area (Å²) < 4.78 is 75.2. The van der Waals surface area contributed by atoms with Crippen LogP contribution in [0.4, 0.5) is 26.3 Å². The molecule has 0 aliphatic heterocycles. The van der Waals surface area contributed by atoms with Gasteiger partial charge in [0, 0.05) is 0 Å². The molecule has 0 heterocycles. The molecule has 8 heteroatoms. The van der Waals surface area contributed by atoms with Gasteiger partial charge in [-0.2, -0.15) is 26.3 Å². The predicted octanol–water partition coefficient (Wildman–Crippen LogP) is 3.53. The van der Waals surface area contributed by atoms with E-state index < -0.39 is 29.5 Å². The molecule has 0 bridgehead atoms. The van der Waals surface area contributed by atoms with Gasteiger partial charge < -0.3 is 5.32 Å². The van der Waals surface area contributed by atoms with Gasteiger partial charge in [0.2, 0.25) is 6.41 Å². The van der Waals surface area contributed by atoms with Gasteiger partial charge in [0.05, 0.1) is 17.2 Å². The molecular weight excluding hydrogens is 276 g/mol. The molecule has 0 radical (unpaired) electrons. The Bertz CT molecular complexity index is 433. The van der Waals surface area contributed by atoms with Crippen LogP contribution in [-0.2, 0) is 17.1 Å². The van der Waals surface area contributed by atoms with E-state index in [0.29, 0.717) is 12.1 Å². The quantitative estimate of drug-likeness (QED) is 0.668. The summed E-state index contributed by atoms with van der Waals surface area (Å²) in [6.45, 7) is 1.28. The second-order valence-corrected chi connectivity index (χ2v) is 3.85. The number of alkyl halides is 6. The van der Waals surface area contributed by atoms with Crippen molar-refractivity contribution in [1.29, 1.82) is 0 Å². The minimum absolute atomic E-state index is 0.0388. The van der Waals surface area contributed by atoms with Crippen LogP contribution < -0.4 is 5.32 Å². The van der Waals surface area contributed by atoms with Gasteiger partial charge >= 0.3 is 12.4 Å². The molecule has 1 N–H and O–H groups in total. The normalized spacial score (nSPS) is 14.1. The van der Waals surface area contributed by atoms with Gasteiger partial charge in [-0.05, 0) is 30.7 Å². The van der Waals surface area contributed by atoms with Crippen LogP contribution in [0.3, 0.4) is 0 Å². The summed E-state index contributed by atoms with van der Waals surface area (Å²) in [5.74, 6) is 0. The number of nitrogens with one attached hydrogen (secondary N) is 1. The smallest absolute Gasteiger partial charge is 0.352 e. The van der Waals surface area contributed by atoms with E-state index in [1.807, 2.05) is 0 Å². The van der Waals surface area contributed by atoms with E-state index in [-0.39, 0.29) is 18.0 Å². The summed E-state index contributed by atoms with van der Waals surface area (Å²) in [7, 11) is 0. The minimum Gasteiger partial charge on any atom is -0.352 e. The fourth-order valence-corrected chi connectivity index (χ4v) is 1.43. The van der Waals surface area contributed by atoms with Gasteiger partial charge in [-0.1, -0.05) is 0 Å². The molecule has 0 saturated carbocycles. The summed E-state index contributed by atoms with van der Waals surface area (Å²) in [4.78, 5) is 10.2. The average Bonchev–Trinajstić information content (AvgIpc) is 2.26. The summed E-state index contributed by atoms with van der Waals surface area (Å²) >= 11 is 0. The van der Waals surface area contributed by atoms with E-state index in [4.69, 9.17) is 0 Å². The van der Waals surface area contributed by atoms with Gasteiger partial charge in [-0.25, -0.2) is 0 Å². The van der Waals surface area contributed by atoms with E-state index in [2.05, 4.69) is 5.32 Å². The Labute approximate surface area is 104 Å². The molecular formula is C11H9F6NO. The van der Waals surface area contributed by atoms with Gasteiger partial charge in [-0.3, -0.25) is 4.79 Å². The molecule has 0 aliphatic rings. The summed E-state index contributed by atoms with van der Waals surface area (Å²) in [6.07, 6.45) is -9.58. The maximum Gasteiger partial charge on any atom is 0.416 e. The number of benzene rings is 1. The van der Waals surface area contributed by atoms with Crippen molar-refractivity contribution in [3.8, 4) is 0 Å². The molecule has 0 saturated heterocycles. The standard InChI is InChI=1S/C11H9F6NO/c1-6(18-5-19)7-2-8(10(12,13)14)4-9(3-7)11(15,16)17/h2-6H,1H3,(H,18,19)/t6-/m1/s1. The summed E-state index contributed by atoms with van der Waals surface area (Å²) in [5, 5.41) is 2.10. The highest BCUT2D eigenvalue weighted by Gasteiger charge is 2.37. The minimum atomic E-state index is -4.89. The van der Waals surface area contributed by atoms with Crippen molar-refractivity contribution in [3.05, 3.63) is 34.9 Å². The molecule has 19 heavy (non-hydrogen) atoms. The molecule has 0 fully saturated rings. The van der Waals surface area contributed by atoms with E-state index in [1.165, 1.54) is 6.92 Å².